The summed E-state index contributed by atoms with van der Waals surface area (Å²) in [6.45, 7) is 7.91. The van der Waals surface area contributed by atoms with E-state index in [0.29, 0.717) is 25.8 Å². The minimum atomic E-state index is -4.74. The predicted molar refractivity (Wildman–Crippen MR) is 114 cm³/mol. The van der Waals surface area contributed by atoms with Gasteiger partial charge in [0.2, 0.25) is 16.3 Å². The second-order valence-electron chi connectivity index (χ2n) is 7.78. The van der Waals surface area contributed by atoms with Crippen LogP contribution in [0.15, 0.2) is 0 Å². The first-order valence-electron chi connectivity index (χ1n) is 10.6. The Hall–Kier alpha value is -0.700. The van der Waals surface area contributed by atoms with Crippen molar-refractivity contribution in [1.29, 1.82) is 0 Å². The number of nitrogens with one attached hydrogen (secondary N) is 1. The number of rotatable bonds is 17. The minimum absolute atomic E-state index is 0. The molecule has 0 saturated carbocycles. The Labute approximate surface area is 172 Å². The van der Waals surface area contributed by atoms with E-state index >= 15 is 0 Å². The lowest BCUT2D eigenvalue weighted by Crippen LogP contribution is -2.39. The van der Waals surface area contributed by atoms with Gasteiger partial charge in [0.25, 0.3) is 0 Å². The van der Waals surface area contributed by atoms with Gasteiger partial charge in [-0.2, -0.15) is 0 Å². The van der Waals surface area contributed by atoms with Crippen LogP contribution in [0.2, 0.25) is 0 Å². The van der Waals surface area contributed by atoms with Crippen molar-refractivity contribution in [2.24, 2.45) is 5.92 Å². The third-order valence-electron chi connectivity index (χ3n) is 5.44. The van der Waals surface area contributed by atoms with Crippen molar-refractivity contribution in [1.82, 2.24) is 11.5 Å². The van der Waals surface area contributed by atoms with E-state index in [-0.39, 0.29) is 18.0 Å². The minimum Gasteiger partial charge on any atom is -0.726 e. The Morgan fingerprint density at radius 2 is 1.54 bits per heavy atom. The second-order valence-corrected chi connectivity index (χ2v) is 8.76. The van der Waals surface area contributed by atoms with Crippen LogP contribution in [0, 0.1) is 5.92 Å². The first-order chi connectivity index (χ1) is 12.6. The fraction of sp³-hybridized carbons (Fsp3) is 0.950. The van der Waals surface area contributed by atoms with Gasteiger partial charge in [0.1, 0.15) is 0 Å². The van der Waals surface area contributed by atoms with Gasteiger partial charge in [-0.15, -0.1) is 0 Å². The number of hydrogen-bond acceptors (Lipinski definition) is 5. The maximum absolute atomic E-state index is 11.9. The molecule has 0 aromatic rings. The molecule has 0 bridgehead atoms. The lowest BCUT2D eigenvalue weighted by atomic mass is 9.86. The van der Waals surface area contributed by atoms with Crippen LogP contribution in [-0.4, -0.2) is 31.0 Å². The van der Waals surface area contributed by atoms with E-state index in [1.807, 2.05) is 6.92 Å². The lowest BCUT2D eigenvalue weighted by molar-refractivity contribution is -0.121. The number of carbonyl (C=O) groups is 1. The quantitative estimate of drug-likeness (QED) is 0.191. The maximum atomic E-state index is 11.9. The molecule has 5 N–H and O–H groups in total. The van der Waals surface area contributed by atoms with Gasteiger partial charge in [0.15, 0.2) is 0 Å². The van der Waals surface area contributed by atoms with Crippen LogP contribution in [0.1, 0.15) is 105 Å². The molecule has 0 spiro atoms. The second kappa shape index (κ2) is 16.1. The van der Waals surface area contributed by atoms with Crippen molar-refractivity contribution in [3.8, 4) is 0 Å². The zero-order valence-corrected chi connectivity index (χ0v) is 19.5. The summed E-state index contributed by atoms with van der Waals surface area (Å²) < 4.78 is 37.4. The molecule has 0 fully saturated rings. The maximum Gasteiger partial charge on any atom is 0.219 e. The van der Waals surface area contributed by atoms with Gasteiger partial charge >= 0.3 is 0 Å². The number of unbranched alkanes of at least 4 members (excludes halogenated alkanes) is 8. The van der Waals surface area contributed by atoms with Gasteiger partial charge < -0.3 is 16.0 Å². The fourth-order valence-corrected chi connectivity index (χ4v) is 3.89. The summed E-state index contributed by atoms with van der Waals surface area (Å²) in [5.74, 6) is -0.139. The van der Waals surface area contributed by atoms with E-state index in [4.69, 9.17) is 4.18 Å². The zero-order valence-electron chi connectivity index (χ0n) is 18.7. The van der Waals surface area contributed by atoms with Gasteiger partial charge in [-0.25, -0.2) is 8.42 Å². The van der Waals surface area contributed by atoms with Crippen LogP contribution in [0.4, 0.5) is 0 Å². The SMILES string of the molecule is CCCCCCCCCCCC(=O)NCCC(C)C(C)(CC)OS(=O)(=O)[O-].[NH4+]. The molecule has 0 radical (unpaired) electrons. The molecule has 0 saturated heterocycles. The third kappa shape index (κ3) is 15.2. The number of quaternary nitrogens is 1. The van der Waals surface area contributed by atoms with Crippen LogP contribution in [-0.2, 0) is 19.4 Å². The highest BCUT2D eigenvalue weighted by atomic mass is 32.3. The van der Waals surface area contributed by atoms with Crippen molar-refractivity contribution < 1.29 is 21.9 Å². The number of amides is 1. The molecule has 28 heavy (non-hydrogen) atoms. The standard InChI is InChI=1S/C20H41NO5S.H3N/c1-5-7-8-9-10-11-12-13-14-15-19(22)21-17-16-18(3)20(4,6-2)26-27(23,24)25;/h18H,5-17H2,1-4H3,(H,21,22)(H,23,24,25);1H3. The molecule has 170 valence electrons. The molecule has 0 aliphatic heterocycles. The van der Waals surface area contributed by atoms with Crippen molar-refractivity contribution in [2.45, 2.75) is 110 Å². The van der Waals surface area contributed by atoms with E-state index in [9.17, 15) is 17.8 Å². The Bertz CT molecular complexity index is 499. The van der Waals surface area contributed by atoms with Crippen LogP contribution in [0.5, 0.6) is 0 Å². The molecule has 7 nitrogen and oxygen atoms in total. The Balaban J connectivity index is 0. The van der Waals surface area contributed by atoms with Crippen LogP contribution >= 0.6 is 0 Å². The molecular weight excluding hydrogens is 380 g/mol. The molecule has 2 atom stereocenters. The van der Waals surface area contributed by atoms with Crippen molar-refractivity contribution >= 4 is 16.3 Å². The Morgan fingerprint density at radius 1 is 1.04 bits per heavy atom. The first kappa shape index (κ1) is 29.5. The van der Waals surface area contributed by atoms with E-state index in [1.165, 1.54) is 44.9 Å². The summed E-state index contributed by atoms with van der Waals surface area (Å²) in [6.07, 6.45) is 12.5. The molecule has 0 aromatic carbocycles. The van der Waals surface area contributed by atoms with Gasteiger partial charge in [-0.1, -0.05) is 72.1 Å². The van der Waals surface area contributed by atoms with E-state index in [0.717, 1.165) is 12.8 Å². The number of hydrogen-bond donors (Lipinski definition) is 2. The summed E-state index contributed by atoms with van der Waals surface area (Å²) in [6, 6.07) is 0. The van der Waals surface area contributed by atoms with Crippen molar-refractivity contribution in [3.63, 3.8) is 0 Å². The predicted octanol–water partition coefficient (Wildman–Crippen LogP) is 5.07. The summed E-state index contributed by atoms with van der Waals surface area (Å²) >= 11 is 0. The highest BCUT2D eigenvalue weighted by Gasteiger charge is 2.32. The van der Waals surface area contributed by atoms with Gasteiger partial charge in [-0.05, 0) is 32.1 Å². The van der Waals surface area contributed by atoms with Crippen LogP contribution in [0.3, 0.4) is 0 Å². The van der Waals surface area contributed by atoms with Crippen LogP contribution in [0.25, 0.3) is 0 Å². The van der Waals surface area contributed by atoms with E-state index in [2.05, 4.69) is 12.2 Å². The molecule has 0 rings (SSSR count). The van der Waals surface area contributed by atoms with Crippen molar-refractivity contribution in [2.75, 3.05) is 6.54 Å². The van der Waals surface area contributed by atoms with E-state index < -0.39 is 16.0 Å². The largest absolute Gasteiger partial charge is 0.726 e. The Kier molecular flexibility index (Phi) is 17.0. The molecule has 0 heterocycles. The zero-order chi connectivity index (χ0) is 20.8. The summed E-state index contributed by atoms with van der Waals surface area (Å²) in [4.78, 5) is 11.9. The fourth-order valence-electron chi connectivity index (χ4n) is 3.14. The summed E-state index contributed by atoms with van der Waals surface area (Å²) in [5, 5.41) is 2.88. The van der Waals surface area contributed by atoms with Crippen LogP contribution < -0.4 is 11.5 Å². The van der Waals surface area contributed by atoms with Crippen molar-refractivity contribution in [3.05, 3.63) is 0 Å². The monoisotopic (exact) mass is 424 g/mol. The molecule has 0 aliphatic rings. The smallest absolute Gasteiger partial charge is 0.219 e. The van der Waals surface area contributed by atoms with Gasteiger partial charge in [0, 0.05) is 13.0 Å². The van der Waals surface area contributed by atoms with Gasteiger partial charge in [-0.3, -0.25) is 8.98 Å². The molecule has 8 heteroatoms. The molecule has 0 aliphatic carbocycles. The Morgan fingerprint density at radius 3 is 2.00 bits per heavy atom. The number of carbonyl (C=O) groups excluding carboxylic acids is 1. The molecule has 2 unspecified atom stereocenters. The third-order valence-corrected chi connectivity index (χ3v) is 6.03. The summed E-state index contributed by atoms with van der Waals surface area (Å²) in [7, 11) is -4.74. The highest BCUT2D eigenvalue weighted by molar-refractivity contribution is 7.80. The average Bonchev–Trinajstić information content (AvgIpc) is 2.58. The average molecular weight is 425 g/mol. The van der Waals surface area contributed by atoms with E-state index in [1.54, 1.807) is 13.8 Å². The van der Waals surface area contributed by atoms with Gasteiger partial charge in [0.05, 0.1) is 5.60 Å². The molecule has 0 aromatic heterocycles. The molecular formula is C20H44N2O5S. The first-order valence-corrected chi connectivity index (χ1v) is 11.9. The topological polar surface area (TPSA) is 132 Å². The lowest BCUT2D eigenvalue weighted by Gasteiger charge is -2.35. The normalized spacial score (nSPS) is 14.8. The summed E-state index contributed by atoms with van der Waals surface area (Å²) in [5.41, 5.74) is -1.04. The highest BCUT2D eigenvalue weighted by Crippen LogP contribution is 2.29. The molecule has 1 amide bonds.